The lowest BCUT2D eigenvalue weighted by molar-refractivity contribution is 0.0584. The van der Waals surface area contributed by atoms with Gasteiger partial charge in [0, 0.05) is 16.9 Å². The number of nitrogens with zero attached hydrogens (tertiary/aromatic N) is 1. The minimum absolute atomic E-state index is 0.0828. The average Bonchev–Trinajstić information content (AvgIpc) is 3.13. The summed E-state index contributed by atoms with van der Waals surface area (Å²) >= 11 is 1.42. The van der Waals surface area contributed by atoms with Gasteiger partial charge in [0.15, 0.2) is 5.13 Å². The van der Waals surface area contributed by atoms with Crippen LogP contribution in [0, 0.1) is 13.8 Å². The molecule has 124 valence electrons. The number of aryl methyl sites for hydroxylation is 2. The Bertz CT molecular complexity index is 716. The summed E-state index contributed by atoms with van der Waals surface area (Å²) in [7, 11) is 0. The molecule has 2 aromatic rings. The molecular formula is C16H21N3O3S. The maximum absolute atomic E-state index is 12.0. The summed E-state index contributed by atoms with van der Waals surface area (Å²) in [5.74, 6) is 1.96. The normalized spacial score (nSPS) is 16.9. The Morgan fingerprint density at radius 2 is 2.26 bits per heavy atom. The largest absolute Gasteiger partial charge is 0.466 e. The van der Waals surface area contributed by atoms with Crippen LogP contribution < -0.4 is 10.6 Å². The maximum atomic E-state index is 12.0. The Morgan fingerprint density at radius 3 is 2.87 bits per heavy atom. The molecule has 0 spiro atoms. The van der Waals surface area contributed by atoms with E-state index < -0.39 is 5.60 Å². The molecule has 1 aliphatic carbocycles. The first kappa shape index (κ1) is 16.0. The van der Waals surface area contributed by atoms with E-state index in [1.54, 1.807) is 19.9 Å². The number of aliphatic hydroxyl groups is 1. The number of carbonyl (C=O) groups excluding carboxylic acids is 1. The first-order chi connectivity index (χ1) is 10.8. The van der Waals surface area contributed by atoms with E-state index in [9.17, 15) is 9.90 Å². The van der Waals surface area contributed by atoms with E-state index in [1.807, 2.05) is 12.3 Å². The minimum atomic E-state index is -1.19. The lowest BCUT2D eigenvalue weighted by Gasteiger charge is -2.23. The highest BCUT2D eigenvalue weighted by molar-refractivity contribution is 7.13. The maximum Gasteiger partial charge on any atom is 0.321 e. The van der Waals surface area contributed by atoms with Crippen molar-refractivity contribution >= 4 is 22.5 Å². The molecule has 7 heteroatoms. The van der Waals surface area contributed by atoms with Crippen molar-refractivity contribution in [3.8, 4) is 0 Å². The molecule has 0 aromatic carbocycles. The predicted octanol–water partition coefficient (Wildman–Crippen LogP) is 3.26. The summed E-state index contributed by atoms with van der Waals surface area (Å²) in [5.41, 5.74) is 0.545. The highest BCUT2D eigenvalue weighted by atomic mass is 32.1. The summed E-state index contributed by atoms with van der Waals surface area (Å²) in [4.78, 5) is 16.4. The van der Waals surface area contributed by atoms with Crippen LogP contribution >= 0.6 is 11.3 Å². The van der Waals surface area contributed by atoms with Gasteiger partial charge >= 0.3 is 6.03 Å². The van der Waals surface area contributed by atoms with Crippen molar-refractivity contribution in [3.05, 3.63) is 34.2 Å². The molecule has 1 atom stereocenters. The third kappa shape index (κ3) is 3.73. The molecule has 0 aliphatic heterocycles. The molecule has 1 saturated carbocycles. The van der Waals surface area contributed by atoms with Gasteiger partial charge < -0.3 is 14.8 Å². The summed E-state index contributed by atoms with van der Waals surface area (Å²) in [6.45, 7) is 5.36. The SMILES string of the molecule is Cc1cc(C(C)(O)CNC(=O)Nc2nc(C3CC3)cs2)c(C)o1. The van der Waals surface area contributed by atoms with Crippen LogP contribution in [0.15, 0.2) is 15.9 Å². The minimum Gasteiger partial charge on any atom is -0.466 e. The second-order valence-corrected chi connectivity index (χ2v) is 7.12. The van der Waals surface area contributed by atoms with E-state index in [0.717, 1.165) is 11.5 Å². The number of amides is 2. The quantitative estimate of drug-likeness (QED) is 0.782. The van der Waals surface area contributed by atoms with Gasteiger partial charge in [0.1, 0.15) is 17.1 Å². The summed E-state index contributed by atoms with van der Waals surface area (Å²) < 4.78 is 5.44. The van der Waals surface area contributed by atoms with Gasteiger partial charge in [0.2, 0.25) is 0 Å². The van der Waals surface area contributed by atoms with Crippen LogP contribution in [-0.4, -0.2) is 22.7 Å². The molecule has 0 radical (unpaired) electrons. The first-order valence-corrected chi connectivity index (χ1v) is 8.53. The van der Waals surface area contributed by atoms with E-state index in [-0.39, 0.29) is 12.6 Å². The zero-order chi connectivity index (χ0) is 16.6. The van der Waals surface area contributed by atoms with E-state index in [0.29, 0.717) is 22.4 Å². The summed E-state index contributed by atoms with van der Waals surface area (Å²) in [6.07, 6.45) is 2.36. The third-order valence-electron chi connectivity index (χ3n) is 3.95. The van der Waals surface area contributed by atoms with Crippen LogP contribution in [0.2, 0.25) is 0 Å². The fourth-order valence-corrected chi connectivity index (χ4v) is 3.35. The van der Waals surface area contributed by atoms with Gasteiger partial charge in [-0.15, -0.1) is 11.3 Å². The second kappa shape index (κ2) is 5.98. The Labute approximate surface area is 138 Å². The molecule has 2 amide bonds. The molecule has 2 aromatic heterocycles. The number of carbonyl (C=O) groups is 1. The Hall–Kier alpha value is -1.86. The van der Waals surface area contributed by atoms with Crippen LogP contribution in [-0.2, 0) is 5.60 Å². The predicted molar refractivity (Wildman–Crippen MR) is 88.9 cm³/mol. The van der Waals surface area contributed by atoms with Crippen molar-refractivity contribution < 1.29 is 14.3 Å². The van der Waals surface area contributed by atoms with Gasteiger partial charge in [-0.3, -0.25) is 5.32 Å². The van der Waals surface area contributed by atoms with Crippen LogP contribution in [0.25, 0.3) is 0 Å². The number of rotatable bonds is 5. The van der Waals surface area contributed by atoms with Crippen LogP contribution in [0.5, 0.6) is 0 Å². The standard InChI is InChI=1S/C16H21N3O3S/c1-9-6-12(10(2)22-9)16(3,21)8-17-14(20)19-15-18-13(7-23-15)11-4-5-11/h6-7,11,21H,4-5,8H2,1-3H3,(H2,17,18,19,20). The molecule has 0 bridgehead atoms. The molecule has 1 aliphatic rings. The smallest absolute Gasteiger partial charge is 0.321 e. The Morgan fingerprint density at radius 1 is 1.52 bits per heavy atom. The fourth-order valence-electron chi connectivity index (χ4n) is 2.56. The van der Waals surface area contributed by atoms with Gasteiger partial charge in [0.25, 0.3) is 0 Å². The number of thiazole rings is 1. The van der Waals surface area contributed by atoms with Crippen molar-refractivity contribution in [3.63, 3.8) is 0 Å². The first-order valence-electron chi connectivity index (χ1n) is 7.65. The molecule has 2 heterocycles. The Kier molecular flexibility index (Phi) is 4.16. The highest BCUT2D eigenvalue weighted by Gasteiger charge is 2.29. The number of hydrogen-bond donors (Lipinski definition) is 3. The number of nitrogens with one attached hydrogen (secondary N) is 2. The monoisotopic (exact) mass is 335 g/mol. The number of anilines is 1. The van der Waals surface area contributed by atoms with Gasteiger partial charge in [-0.1, -0.05) is 0 Å². The molecular weight excluding hydrogens is 314 g/mol. The number of aromatic nitrogens is 1. The average molecular weight is 335 g/mol. The highest BCUT2D eigenvalue weighted by Crippen LogP contribution is 2.40. The molecule has 0 saturated heterocycles. The molecule has 1 unspecified atom stereocenters. The van der Waals surface area contributed by atoms with Crippen LogP contribution in [0.3, 0.4) is 0 Å². The van der Waals surface area contributed by atoms with Crippen LogP contribution in [0.1, 0.15) is 48.5 Å². The van der Waals surface area contributed by atoms with E-state index in [2.05, 4.69) is 15.6 Å². The van der Waals surface area contributed by atoms with Crippen molar-refractivity contribution in [1.82, 2.24) is 10.3 Å². The molecule has 3 N–H and O–H groups in total. The Balaban J connectivity index is 1.56. The molecule has 6 nitrogen and oxygen atoms in total. The van der Waals surface area contributed by atoms with Gasteiger partial charge in [-0.2, -0.15) is 0 Å². The summed E-state index contributed by atoms with van der Waals surface area (Å²) in [5, 5.41) is 18.5. The molecule has 3 rings (SSSR count). The number of urea groups is 1. The van der Waals surface area contributed by atoms with E-state index in [4.69, 9.17) is 4.42 Å². The summed E-state index contributed by atoms with van der Waals surface area (Å²) in [6, 6.07) is 1.41. The third-order valence-corrected chi connectivity index (χ3v) is 4.73. The van der Waals surface area contributed by atoms with Crippen molar-refractivity contribution in [2.24, 2.45) is 0 Å². The fraction of sp³-hybridized carbons (Fsp3) is 0.500. The van der Waals surface area contributed by atoms with Gasteiger partial charge in [-0.05, 0) is 39.7 Å². The molecule has 1 fully saturated rings. The van der Waals surface area contributed by atoms with Gasteiger partial charge in [-0.25, -0.2) is 9.78 Å². The van der Waals surface area contributed by atoms with Crippen LogP contribution in [0.4, 0.5) is 9.93 Å². The zero-order valence-electron chi connectivity index (χ0n) is 13.5. The van der Waals surface area contributed by atoms with Crippen molar-refractivity contribution in [1.29, 1.82) is 0 Å². The van der Waals surface area contributed by atoms with Crippen molar-refractivity contribution in [2.75, 3.05) is 11.9 Å². The second-order valence-electron chi connectivity index (χ2n) is 6.26. The number of furan rings is 1. The zero-order valence-corrected chi connectivity index (χ0v) is 14.3. The molecule has 23 heavy (non-hydrogen) atoms. The lowest BCUT2D eigenvalue weighted by atomic mass is 9.96. The topological polar surface area (TPSA) is 87.4 Å². The van der Waals surface area contributed by atoms with Gasteiger partial charge in [0.05, 0.1) is 12.2 Å². The van der Waals surface area contributed by atoms with E-state index >= 15 is 0 Å². The van der Waals surface area contributed by atoms with E-state index in [1.165, 1.54) is 24.2 Å². The van der Waals surface area contributed by atoms with Crippen molar-refractivity contribution in [2.45, 2.75) is 45.1 Å². The lowest BCUT2D eigenvalue weighted by Crippen LogP contribution is -2.40. The number of hydrogen-bond acceptors (Lipinski definition) is 5.